The van der Waals surface area contributed by atoms with Crippen LogP contribution in [0.5, 0.6) is 17.2 Å². The van der Waals surface area contributed by atoms with Crippen LogP contribution in [0.1, 0.15) is 35.2 Å². The van der Waals surface area contributed by atoms with E-state index in [2.05, 4.69) is 9.88 Å². The van der Waals surface area contributed by atoms with Gasteiger partial charge < -0.3 is 25.1 Å². The number of pyridine rings is 1. The Labute approximate surface area is 227 Å². The van der Waals surface area contributed by atoms with Crippen LogP contribution in [0.25, 0.3) is 21.7 Å². The summed E-state index contributed by atoms with van der Waals surface area (Å²) in [5.41, 5.74) is 7.93. The van der Waals surface area contributed by atoms with E-state index >= 15 is 0 Å². The molecule has 1 unspecified atom stereocenters. The second-order valence-electron chi connectivity index (χ2n) is 10.7. The molecule has 2 aliphatic rings. The number of hydrogen-bond acceptors (Lipinski definition) is 7. The smallest absolute Gasteiger partial charge is 0.249 e. The van der Waals surface area contributed by atoms with E-state index in [9.17, 15) is 9.90 Å². The second-order valence-corrected chi connectivity index (χ2v) is 10.7. The number of likely N-dealkylation sites (tertiary alicyclic amines) is 1. The Morgan fingerprint density at radius 3 is 2.72 bits per heavy atom. The van der Waals surface area contributed by atoms with Gasteiger partial charge in [-0.2, -0.15) is 0 Å². The Hall–Kier alpha value is -3.88. The number of rotatable bonds is 10. The van der Waals surface area contributed by atoms with Crippen molar-refractivity contribution >= 4 is 27.6 Å². The highest BCUT2D eigenvalue weighted by atomic mass is 16.5. The fourth-order valence-electron chi connectivity index (χ4n) is 5.67. The van der Waals surface area contributed by atoms with Crippen LogP contribution in [-0.4, -0.2) is 60.4 Å². The highest BCUT2D eigenvalue weighted by molar-refractivity contribution is 6.06. The Morgan fingerprint density at radius 1 is 1.08 bits per heavy atom. The minimum Gasteiger partial charge on any atom is -0.493 e. The summed E-state index contributed by atoms with van der Waals surface area (Å²) in [6.45, 7) is 3.57. The van der Waals surface area contributed by atoms with Gasteiger partial charge in [0, 0.05) is 48.3 Å². The van der Waals surface area contributed by atoms with Crippen molar-refractivity contribution in [2.24, 2.45) is 11.1 Å². The lowest BCUT2D eigenvalue weighted by molar-refractivity contribution is 0.100. The molecule has 1 atom stereocenters. The van der Waals surface area contributed by atoms with Gasteiger partial charge in [0.15, 0.2) is 11.5 Å². The monoisotopic (exact) mass is 527 g/mol. The molecule has 8 nitrogen and oxygen atoms in total. The van der Waals surface area contributed by atoms with Crippen molar-refractivity contribution < 1.29 is 24.1 Å². The number of primary amides is 1. The number of ether oxygens (including phenoxy) is 3. The first-order valence-corrected chi connectivity index (χ1v) is 13.4. The van der Waals surface area contributed by atoms with Crippen LogP contribution in [0.4, 0.5) is 0 Å². The third-order valence-electron chi connectivity index (χ3n) is 8.04. The van der Waals surface area contributed by atoms with Crippen molar-refractivity contribution in [2.75, 3.05) is 33.4 Å². The molecular weight excluding hydrogens is 494 g/mol. The van der Waals surface area contributed by atoms with Gasteiger partial charge in [-0.05, 0) is 59.9 Å². The van der Waals surface area contributed by atoms with Crippen molar-refractivity contribution in [3.63, 3.8) is 0 Å². The summed E-state index contributed by atoms with van der Waals surface area (Å²) in [5, 5.41) is 12.9. The van der Waals surface area contributed by atoms with Gasteiger partial charge in [0.05, 0.1) is 25.3 Å². The Kier molecular flexibility index (Phi) is 6.74. The highest BCUT2D eigenvalue weighted by Gasteiger charge is 2.54. The largest absolute Gasteiger partial charge is 0.493 e. The summed E-state index contributed by atoms with van der Waals surface area (Å²) >= 11 is 0. The van der Waals surface area contributed by atoms with Gasteiger partial charge in [-0.3, -0.25) is 14.7 Å². The molecule has 1 saturated heterocycles. The molecule has 1 spiro atoms. The number of aliphatic hydroxyl groups excluding tert-OH is 1. The minimum atomic E-state index is -0.442. The van der Waals surface area contributed by atoms with Crippen molar-refractivity contribution in [1.29, 1.82) is 0 Å². The summed E-state index contributed by atoms with van der Waals surface area (Å²) < 4.78 is 17.9. The second kappa shape index (κ2) is 10.4. The molecule has 1 amide bonds. The van der Waals surface area contributed by atoms with Crippen molar-refractivity contribution in [1.82, 2.24) is 9.88 Å². The third-order valence-corrected chi connectivity index (χ3v) is 8.04. The predicted molar refractivity (Wildman–Crippen MR) is 149 cm³/mol. The summed E-state index contributed by atoms with van der Waals surface area (Å²) in [4.78, 5) is 18.6. The first-order valence-electron chi connectivity index (χ1n) is 13.4. The molecule has 4 aromatic rings. The number of carbonyl (C=O) groups excluding carboxylic acids is 1. The molecule has 0 bridgehead atoms. The average Bonchev–Trinajstić information content (AvgIpc) is 3.66. The summed E-state index contributed by atoms with van der Waals surface area (Å²) in [6, 6.07) is 17.0. The molecular formula is C31H33N3O5. The fourth-order valence-corrected chi connectivity index (χ4v) is 5.67. The molecule has 0 radical (unpaired) electrons. The zero-order chi connectivity index (χ0) is 27.0. The van der Waals surface area contributed by atoms with Crippen LogP contribution < -0.4 is 19.9 Å². The van der Waals surface area contributed by atoms with Crippen LogP contribution in [-0.2, 0) is 6.61 Å². The van der Waals surface area contributed by atoms with Gasteiger partial charge in [-0.15, -0.1) is 0 Å². The average molecular weight is 528 g/mol. The van der Waals surface area contributed by atoms with Gasteiger partial charge in [0.2, 0.25) is 5.91 Å². The van der Waals surface area contributed by atoms with Gasteiger partial charge in [0.1, 0.15) is 12.4 Å². The number of nitrogens with zero attached hydrogens (tertiary/aromatic N) is 2. The lowest BCUT2D eigenvalue weighted by atomic mass is 10.0. The van der Waals surface area contributed by atoms with E-state index in [0.717, 1.165) is 66.1 Å². The zero-order valence-electron chi connectivity index (χ0n) is 22.1. The molecule has 1 saturated carbocycles. The van der Waals surface area contributed by atoms with Gasteiger partial charge >= 0.3 is 0 Å². The number of nitrogens with two attached hydrogens (primary N) is 1. The topological polar surface area (TPSA) is 107 Å². The number of fused-ring (bicyclic) bond motifs is 2. The number of aliphatic hydroxyl groups is 1. The fraction of sp³-hybridized carbons (Fsp3) is 0.355. The minimum absolute atomic E-state index is 0.177. The van der Waals surface area contributed by atoms with Gasteiger partial charge in [-0.25, -0.2) is 0 Å². The number of benzene rings is 3. The molecule has 1 aliphatic carbocycles. The van der Waals surface area contributed by atoms with Crippen LogP contribution >= 0.6 is 0 Å². The number of β-amino-alcohol motifs (C(OH)–C–C–N with tert-alkyl or cyclic N) is 1. The number of aromatic nitrogens is 1. The maximum absolute atomic E-state index is 11.7. The van der Waals surface area contributed by atoms with Crippen molar-refractivity contribution in [3.8, 4) is 17.2 Å². The predicted octanol–water partition coefficient (Wildman–Crippen LogP) is 4.30. The molecule has 1 aliphatic heterocycles. The maximum Gasteiger partial charge on any atom is 0.249 e. The number of methoxy groups -OCH3 is 1. The summed E-state index contributed by atoms with van der Waals surface area (Å²) in [6.07, 6.45) is 4.70. The molecule has 8 heteroatoms. The molecule has 2 fully saturated rings. The Balaban J connectivity index is 1.12. The lowest BCUT2D eigenvalue weighted by Gasteiger charge is -2.17. The molecule has 202 valence electrons. The normalized spacial score (nSPS) is 18.1. The zero-order valence-corrected chi connectivity index (χ0v) is 22.1. The van der Waals surface area contributed by atoms with E-state index in [1.54, 1.807) is 19.4 Å². The number of amides is 1. The van der Waals surface area contributed by atoms with E-state index in [4.69, 9.17) is 19.9 Å². The third kappa shape index (κ3) is 5.10. The highest BCUT2D eigenvalue weighted by Crippen LogP contribution is 2.52. The molecule has 1 aromatic heterocycles. The molecule has 2 heterocycles. The van der Waals surface area contributed by atoms with E-state index in [1.165, 1.54) is 0 Å². The maximum atomic E-state index is 11.7. The molecule has 3 N–H and O–H groups in total. The summed E-state index contributed by atoms with van der Waals surface area (Å²) in [5.74, 6) is 1.52. The molecule has 3 aromatic carbocycles. The van der Waals surface area contributed by atoms with Crippen LogP contribution in [0.15, 0.2) is 60.8 Å². The van der Waals surface area contributed by atoms with Crippen LogP contribution in [0.3, 0.4) is 0 Å². The van der Waals surface area contributed by atoms with Crippen LogP contribution in [0.2, 0.25) is 0 Å². The quantitative estimate of drug-likeness (QED) is 0.296. The lowest BCUT2D eigenvalue weighted by Crippen LogP contribution is -2.24. The first kappa shape index (κ1) is 25.4. The number of hydrogen-bond donors (Lipinski definition) is 2. The Morgan fingerprint density at radius 2 is 1.95 bits per heavy atom. The molecule has 39 heavy (non-hydrogen) atoms. The van der Waals surface area contributed by atoms with E-state index in [-0.39, 0.29) is 11.5 Å². The Bertz CT molecular complexity index is 1530. The first-order chi connectivity index (χ1) is 19.0. The number of carbonyl (C=O) groups is 1. The van der Waals surface area contributed by atoms with Crippen molar-refractivity contribution in [3.05, 3.63) is 71.9 Å². The van der Waals surface area contributed by atoms with E-state index < -0.39 is 5.91 Å². The van der Waals surface area contributed by atoms with E-state index in [0.29, 0.717) is 36.0 Å². The SMILES string of the molecule is COc1cc2c(OCc3ccc4c(C(N)=O)cccc4c3)ccnc2cc1OCCCN1CC(O)C2(CC2)C1. The van der Waals surface area contributed by atoms with Crippen LogP contribution in [0, 0.1) is 5.41 Å². The van der Waals surface area contributed by atoms with Crippen molar-refractivity contribution in [2.45, 2.75) is 32.0 Å². The van der Waals surface area contributed by atoms with Gasteiger partial charge in [0.25, 0.3) is 0 Å². The van der Waals surface area contributed by atoms with E-state index in [1.807, 2.05) is 48.5 Å². The van der Waals surface area contributed by atoms with Gasteiger partial charge in [-0.1, -0.05) is 24.3 Å². The summed E-state index contributed by atoms with van der Waals surface area (Å²) in [7, 11) is 1.63. The standard InChI is InChI=1S/C31H33N3O5/c1-37-27-15-24-25(16-28(27)38-13-3-12-34-17-29(35)31(19-34)9-10-31)33-11-8-26(24)39-18-20-6-7-22-21(14-20)4-2-5-23(22)30(32)36/h2,4-8,11,14-16,29,35H,3,9-10,12-13,17-19H2,1H3,(H2,32,36). The molecule has 6 rings (SSSR count).